The zero-order valence-electron chi connectivity index (χ0n) is 12.5. The van der Waals surface area contributed by atoms with Crippen molar-refractivity contribution in [1.82, 2.24) is 4.90 Å². The number of nitro benzene ring substituents is 1. The first-order valence-electron chi connectivity index (χ1n) is 7.25. The monoisotopic (exact) mass is 291 g/mol. The fourth-order valence-corrected chi connectivity index (χ4v) is 2.86. The molecule has 2 rings (SSSR count). The lowest BCUT2D eigenvalue weighted by Crippen LogP contribution is -2.43. The summed E-state index contributed by atoms with van der Waals surface area (Å²) in [4.78, 5) is 25.9. The Morgan fingerprint density at radius 1 is 1.43 bits per heavy atom. The van der Waals surface area contributed by atoms with E-state index in [1.807, 2.05) is 7.05 Å². The van der Waals surface area contributed by atoms with Gasteiger partial charge < -0.3 is 9.80 Å². The molecular weight excluding hydrogens is 270 g/mol. The Bertz CT molecular complexity index is 525. The van der Waals surface area contributed by atoms with Crippen LogP contribution in [0.4, 0.5) is 11.4 Å². The number of benzene rings is 1. The van der Waals surface area contributed by atoms with E-state index in [0.717, 1.165) is 38.2 Å². The highest BCUT2D eigenvalue weighted by atomic mass is 16.6. The minimum atomic E-state index is -0.521. The topological polar surface area (TPSA) is 66.7 Å². The normalized spacial score (nSPS) is 16.7. The van der Waals surface area contributed by atoms with Crippen LogP contribution in [0.1, 0.15) is 30.1 Å². The maximum Gasteiger partial charge on any atom is 0.280 e. The zero-order valence-corrected chi connectivity index (χ0v) is 12.5. The maximum atomic E-state index is 11.0. The molecule has 1 heterocycles. The summed E-state index contributed by atoms with van der Waals surface area (Å²) in [5, 5.41) is 10.9. The quantitative estimate of drug-likeness (QED) is 0.473. The van der Waals surface area contributed by atoms with Gasteiger partial charge in [-0.2, -0.15) is 0 Å². The molecule has 1 aliphatic heterocycles. The average molecular weight is 291 g/mol. The summed E-state index contributed by atoms with van der Waals surface area (Å²) >= 11 is 0. The number of hydrogen-bond donors (Lipinski definition) is 0. The van der Waals surface area contributed by atoms with Gasteiger partial charge in [0.15, 0.2) is 6.29 Å². The van der Waals surface area contributed by atoms with Crippen LogP contribution in [-0.2, 0) is 0 Å². The van der Waals surface area contributed by atoms with Crippen LogP contribution in [0.2, 0.25) is 0 Å². The molecule has 0 N–H and O–H groups in total. The number of piperidine rings is 1. The molecule has 0 spiro atoms. The highest BCUT2D eigenvalue weighted by Crippen LogP contribution is 2.26. The van der Waals surface area contributed by atoms with Gasteiger partial charge in [-0.25, -0.2) is 0 Å². The van der Waals surface area contributed by atoms with E-state index in [1.165, 1.54) is 6.07 Å². The highest BCUT2D eigenvalue weighted by Gasteiger charge is 2.23. The summed E-state index contributed by atoms with van der Waals surface area (Å²) in [6.07, 6.45) is 2.69. The number of anilines is 1. The minimum absolute atomic E-state index is 0.135. The van der Waals surface area contributed by atoms with E-state index < -0.39 is 4.92 Å². The van der Waals surface area contributed by atoms with Gasteiger partial charge in [-0.1, -0.05) is 6.92 Å². The predicted octanol–water partition coefficient (Wildman–Crippen LogP) is 2.33. The van der Waals surface area contributed by atoms with E-state index in [1.54, 1.807) is 12.1 Å². The predicted molar refractivity (Wildman–Crippen MR) is 82.0 cm³/mol. The van der Waals surface area contributed by atoms with Crippen molar-refractivity contribution in [3.8, 4) is 0 Å². The first-order valence-corrected chi connectivity index (χ1v) is 7.25. The molecule has 114 valence electrons. The largest absolute Gasteiger partial charge is 0.371 e. The number of carbonyl (C=O) groups is 1. The van der Waals surface area contributed by atoms with Crippen molar-refractivity contribution < 1.29 is 9.72 Å². The molecule has 0 saturated carbocycles. The standard InChI is InChI=1S/C15H21N3O3/c1-3-17-8-6-13(7-9-17)16(2)14-4-5-15(18(20)21)12(10-14)11-19/h4-5,10-11,13H,3,6-9H2,1-2H3. The van der Waals surface area contributed by atoms with E-state index in [-0.39, 0.29) is 11.3 Å². The van der Waals surface area contributed by atoms with E-state index in [9.17, 15) is 14.9 Å². The molecule has 0 unspecified atom stereocenters. The second kappa shape index (κ2) is 6.67. The van der Waals surface area contributed by atoms with Crippen molar-refractivity contribution in [2.24, 2.45) is 0 Å². The summed E-state index contributed by atoms with van der Waals surface area (Å²) in [5.74, 6) is 0. The Labute approximate surface area is 124 Å². The molecule has 21 heavy (non-hydrogen) atoms. The maximum absolute atomic E-state index is 11.0. The number of nitro groups is 1. The second-order valence-corrected chi connectivity index (χ2v) is 5.39. The molecule has 1 fully saturated rings. The van der Waals surface area contributed by atoms with Gasteiger partial charge in [0.2, 0.25) is 0 Å². The lowest BCUT2D eigenvalue weighted by molar-refractivity contribution is -0.385. The third-order valence-corrected chi connectivity index (χ3v) is 4.29. The number of carbonyl (C=O) groups excluding carboxylic acids is 1. The molecule has 1 aliphatic rings. The summed E-state index contributed by atoms with van der Waals surface area (Å²) < 4.78 is 0. The van der Waals surface area contributed by atoms with Crippen LogP contribution in [-0.4, -0.2) is 48.8 Å². The Morgan fingerprint density at radius 3 is 2.62 bits per heavy atom. The third-order valence-electron chi connectivity index (χ3n) is 4.29. The number of aldehydes is 1. The van der Waals surface area contributed by atoms with Crippen LogP contribution < -0.4 is 4.90 Å². The Hall–Kier alpha value is -1.95. The zero-order chi connectivity index (χ0) is 15.4. The van der Waals surface area contributed by atoms with Gasteiger partial charge in [0.1, 0.15) is 0 Å². The molecule has 0 aliphatic carbocycles. The number of likely N-dealkylation sites (tertiary alicyclic amines) is 1. The minimum Gasteiger partial charge on any atom is -0.371 e. The number of nitrogens with zero attached hydrogens (tertiary/aromatic N) is 3. The van der Waals surface area contributed by atoms with Gasteiger partial charge in [-0.05, 0) is 31.5 Å². The summed E-state index contributed by atoms with van der Waals surface area (Å²) in [5.41, 5.74) is 0.857. The van der Waals surface area contributed by atoms with Crippen molar-refractivity contribution in [3.05, 3.63) is 33.9 Å². The van der Waals surface area contributed by atoms with Crippen LogP contribution in [0.3, 0.4) is 0 Å². The average Bonchev–Trinajstić information content (AvgIpc) is 2.53. The SMILES string of the molecule is CCN1CCC(N(C)c2ccc([N+](=O)[O-])c(C=O)c2)CC1. The molecule has 0 amide bonds. The molecule has 0 bridgehead atoms. The van der Waals surface area contributed by atoms with Crippen LogP contribution in [0.5, 0.6) is 0 Å². The molecule has 1 saturated heterocycles. The van der Waals surface area contributed by atoms with E-state index in [0.29, 0.717) is 12.3 Å². The Balaban J connectivity index is 2.14. The van der Waals surface area contributed by atoms with Crippen molar-refractivity contribution in [2.45, 2.75) is 25.8 Å². The van der Waals surface area contributed by atoms with E-state index in [2.05, 4.69) is 16.7 Å². The summed E-state index contributed by atoms with van der Waals surface area (Å²) in [7, 11) is 1.99. The Morgan fingerprint density at radius 2 is 2.10 bits per heavy atom. The van der Waals surface area contributed by atoms with Gasteiger partial charge in [-0.3, -0.25) is 14.9 Å². The van der Waals surface area contributed by atoms with Gasteiger partial charge in [0.05, 0.1) is 10.5 Å². The molecular formula is C15H21N3O3. The van der Waals surface area contributed by atoms with E-state index in [4.69, 9.17) is 0 Å². The number of hydrogen-bond acceptors (Lipinski definition) is 5. The molecule has 0 radical (unpaired) electrons. The third kappa shape index (κ3) is 3.39. The summed E-state index contributed by atoms with van der Waals surface area (Å²) in [6.45, 7) is 5.37. The molecule has 0 aromatic heterocycles. The Kier molecular flexibility index (Phi) is 4.90. The van der Waals surface area contributed by atoms with Crippen molar-refractivity contribution in [1.29, 1.82) is 0 Å². The molecule has 1 aromatic carbocycles. The van der Waals surface area contributed by atoms with Crippen molar-refractivity contribution in [3.63, 3.8) is 0 Å². The van der Waals surface area contributed by atoms with Crippen LogP contribution >= 0.6 is 0 Å². The summed E-state index contributed by atoms with van der Waals surface area (Å²) in [6, 6.07) is 5.15. The lowest BCUT2D eigenvalue weighted by Gasteiger charge is -2.37. The van der Waals surface area contributed by atoms with Crippen molar-refractivity contribution >= 4 is 17.7 Å². The number of rotatable bonds is 5. The fourth-order valence-electron chi connectivity index (χ4n) is 2.86. The molecule has 6 nitrogen and oxygen atoms in total. The van der Waals surface area contributed by atoms with E-state index >= 15 is 0 Å². The lowest BCUT2D eigenvalue weighted by atomic mass is 10.0. The van der Waals surface area contributed by atoms with Crippen LogP contribution in [0.15, 0.2) is 18.2 Å². The molecule has 6 heteroatoms. The first-order chi connectivity index (χ1) is 10.1. The second-order valence-electron chi connectivity index (χ2n) is 5.39. The first kappa shape index (κ1) is 15.4. The van der Waals surface area contributed by atoms with Crippen LogP contribution in [0.25, 0.3) is 0 Å². The van der Waals surface area contributed by atoms with Gasteiger partial charge in [0.25, 0.3) is 5.69 Å². The molecule has 1 aromatic rings. The van der Waals surface area contributed by atoms with Crippen molar-refractivity contribution in [2.75, 3.05) is 31.6 Å². The van der Waals surface area contributed by atoms with Crippen LogP contribution in [0, 0.1) is 10.1 Å². The fraction of sp³-hybridized carbons (Fsp3) is 0.533. The van der Waals surface area contributed by atoms with Gasteiger partial charge in [-0.15, -0.1) is 0 Å². The molecule has 0 atom stereocenters. The van der Waals surface area contributed by atoms with Gasteiger partial charge >= 0.3 is 0 Å². The highest BCUT2D eigenvalue weighted by molar-refractivity contribution is 5.83. The smallest absolute Gasteiger partial charge is 0.280 e. The van der Waals surface area contributed by atoms with Gasteiger partial charge in [0, 0.05) is 37.9 Å².